The molecule has 0 unspecified atom stereocenters. The molecule has 6 nitrogen and oxygen atoms in total. The lowest BCUT2D eigenvalue weighted by atomic mass is 10.2. The Morgan fingerprint density at radius 2 is 2.00 bits per heavy atom. The molecule has 1 N–H and O–H groups in total. The first kappa shape index (κ1) is 10.8. The van der Waals surface area contributed by atoms with E-state index in [1.807, 2.05) is 4.90 Å². The van der Waals surface area contributed by atoms with Crippen molar-refractivity contribution >= 4 is 11.9 Å². The molecule has 0 amide bonds. The maximum Gasteiger partial charge on any atom is 0.307 e. The molecule has 0 saturated carbocycles. The minimum atomic E-state index is -0.872. The van der Waals surface area contributed by atoms with Gasteiger partial charge in [-0.25, -0.2) is 9.97 Å². The third kappa shape index (κ3) is 2.66. The molecule has 1 aromatic rings. The van der Waals surface area contributed by atoms with Gasteiger partial charge in [-0.05, 0) is 0 Å². The number of anilines is 1. The largest absolute Gasteiger partial charge is 0.481 e. The fraction of sp³-hybridized carbons (Fsp3) is 0.500. The van der Waals surface area contributed by atoms with Crippen LogP contribution in [0.1, 0.15) is 5.56 Å². The average molecular weight is 223 g/mol. The Morgan fingerprint density at radius 1 is 1.38 bits per heavy atom. The van der Waals surface area contributed by atoms with Crippen LogP contribution in [0.2, 0.25) is 0 Å². The highest BCUT2D eigenvalue weighted by molar-refractivity contribution is 5.69. The van der Waals surface area contributed by atoms with Gasteiger partial charge in [-0.3, -0.25) is 4.79 Å². The van der Waals surface area contributed by atoms with Crippen LogP contribution in [0.4, 0.5) is 5.95 Å². The van der Waals surface area contributed by atoms with Gasteiger partial charge in [0.1, 0.15) is 0 Å². The Balaban J connectivity index is 2.03. The molecule has 0 radical (unpaired) electrons. The first-order valence-electron chi connectivity index (χ1n) is 5.11. The van der Waals surface area contributed by atoms with Gasteiger partial charge in [0.2, 0.25) is 5.95 Å². The van der Waals surface area contributed by atoms with Crippen molar-refractivity contribution in [2.45, 2.75) is 6.42 Å². The van der Waals surface area contributed by atoms with E-state index in [2.05, 4.69) is 9.97 Å². The minimum absolute atomic E-state index is 0.0383. The molecule has 0 aromatic carbocycles. The monoisotopic (exact) mass is 223 g/mol. The predicted molar refractivity (Wildman–Crippen MR) is 56.4 cm³/mol. The maximum absolute atomic E-state index is 10.5. The van der Waals surface area contributed by atoms with Gasteiger partial charge in [0, 0.05) is 31.0 Å². The zero-order valence-corrected chi connectivity index (χ0v) is 8.80. The van der Waals surface area contributed by atoms with E-state index in [0.29, 0.717) is 24.7 Å². The molecule has 0 atom stereocenters. The molecular formula is C10H13N3O3. The normalized spacial score (nSPS) is 16.1. The van der Waals surface area contributed by atoms with E-state index in [0.717, 1.165) is 13.1 Å². The van der Waals surface area contributed by atoms with Crippen molar-refractivity contribution in [1.82, 2.24) is 9.97 Å². The summed E-state index contributed by atoms with van der Waals surface area (Å²) in [7, 11) is 0. The Hall–Kier alpha value is -1.69. The summed E-state index contributed by atoms with van der Waals surface area (Å²) >= 11 is 0. The molecule has 1 fully saturated rings. The smallest absolute Gasteiger partial charge is 0.307 e. The Morgan fingerprint density at radius 3 is 2.56 bits per heavy atom. The van der Waals surface area contributed by atoms with E-state index in [1.165, 1.54) is 0 Å². The number of aromatic nitrogens is 2. The lowest BCUT2D eigenvalue weighted by Gasteiger charge is -2.26. The number of rotatable bonds is 3. The molecule has 0 spiro atoms. The lowest BCUT2D eigenvalue weighted by molar-refractivity contribution is -0.136. The molecule has 86 valence electrons. The Kier molecular flexibility index (Phi) is 3.31. The fourth-order valence-electron chi connectivity index (χ4n) is 1.54. The summed E-state index contributed by atoms with van der Waals surface area (Å²) in [4.78, 5) is 20.8. The molecule has 2 rings (SSSR count). The van der Waals surface area contributed by atoms with Crippen LogP contribution in [-0.4, -0.2) is 47.3 Å². The summed E-state index contributed by atoms with van der Waals surface area (Å²) in [5.74, 6) is -0.236. The molecule has 0 bridgehead atoms. The van der Waals surface area contributed by atoms with Gasteiger partial charge in [-0.1, -0.05) is 0 Å². The van der Waals surface area contributed by atoms with Gasteiger partial charge in [0.05, 0.1) is 19.6 Å². The van der Waals surface area contributed by atoms with E-state index in [4.69, 9.17) is 9.84 Å². The van der Waals surface area contributed by atoms with Crippen LogP contribution >= 0.6 is 0 Å². The van der Waals surface area contributed by atoms with Crippen molar-refractivity contribution in [3.05, 3.63) is 18.0 Å². The number of nitrogens with zero attached hydrogens (tertiary/aromatic N) is 3. The van der Waals surface area contributed by atoms with Gasteiger partial charge in [-0.2, -0.15) is 0 Å². The molecule has 1 saturated heterocycles. The Labute approximate surface area is 92.9 Å². The Bertz CT molecular complexity index is 360. The molecule has 1 aromatic heterocycles. The summed E-state index contributed by atoms with van der Waals surface area (Å²) in [6, 6.07) is 0. The molecule has 0 aliphatic carbocycles. The van der Waals surface area contributed by atoms with Gasteiger partial charge >= 0.3 is 5.97 Å². The topological polar surface area (TPSA) is 75.5 Å². The highest BCUT2D eigenvalue weighted by Gasteiger charge is 2.13. The van der Waals surface area contributed by atoms with Crippen LogP contribution in [0.15, 0.2) is 12.4 Å². The number of ether oxygens (including phenoxy) is 1. The third-order valence-electron chi connectivity index (χ3n) is 2.34. The number of carboxylic acids is 1. The summed E-state index contributed by atoms with van der Waals surface area (Å²) in [5.41, 5.74) is 0.615. The first-order chi connectivity index (χ1) is 7.75. The van der Waals surface area contributed by atoms with Crippen LogP contribution in [0, 0.1) is 0 Å². The molecule has 1 aliphatic rings. The van der Waals surface area contributed by atoms with Gasteiger partial charge in [0.25, 0.3) is 0 Å². The summed E-state index contributed by atoms with van der Waals surface area (Å²) in [6.07, 6.45) is 3.08. The highest BCUT2D eigenvalue weighted by atomic mass is 16.5. The molecule has 16 heavy (non-hydrogen) atoms. The quantitative estimate of drug-likeness (QED) is 0.773. The van der Waals surface area contributed by atoms with Crippen molar-refractivity contribution in [2.24, 2.45) is 0 Å². The van der Waals surface area contributed by atoms with Crippen LogP contribution in [0.3, 0.4) is 0 Å². The van der Waals surface area contributed by atoms with Crippen LogP contribution in [0.5, 0.6) is 0 Å². The summed E-state index contributed by atoms with van der Waals surface area (Å²) in [6.45, 7) is 2.91. The van der Waals surface area contributed by atoms with Crippen LogP contribution in [-0.2, 0) is 16.0 Å². The van der Waals surface area contributed by atoms with Crippen molar-refractivity contribution in [3.63, 3.8) is 0 Å². The van der Waals surface area contributed by atoms with Crippen molar-refractivity contribution in [2.75, 3.05) is 31.2 Å². The van der Waals surface area contributed by atoms with E-state index in [1.54, 1.807) is 12.4 Å². The van der Waals surface area contributed by atoms with Crippen molar-refractivity contribution in [1.29, 1.82) is 0 Å². The van der Waals surface area contributed by atoms with E-state index in [-0.39, 0.29) is 6.42 Å². The first-order valence-corrected chi connectivity index (χ1v) is 5.11. The predicted octanol–water partition coefficient (Wildman–Crippen LogP) is -0.0597. The van der Waals surface area contributed by atoms with Gasteiger partial charge < -0.3 is 14.7 Å². The molecular weight excluding hydrogens is 210 g/mol. The third-order valence-corrected chi connectivity index (χ3v) is 2.34. The fourth-order valence-corrected chi connectivity index (χ4v) is 1.54. The minimum Gasteiger partial charge on any atom is -0.481 e. The number of carbonyl (C=O) groups is 1. The van der Waals surface area contributed by atoms with Crippen LogP contribution in [0.25, 0.3) is 0 Å². The molecule has 1 aliphatic heterocycles. The van der Waals surface area contributed by atoms with E-state index in [9.17, 15) is 4.79 Å². The molecule has 6 heteroatoms. The van der Waals surface area contributed by atoms with Crippen molar-refractivity contribution < 1.29 is 14.6 Å². The van der Waals surface area contributed by atoms with E-state index >= 15 is 0 Å². The second-order valence-corrected chi connectivity index (χ2v) is 3.56. The second kappa shape index (κ2) is 4.89. The van der Waals surface area contributed by atoms with E-state index < -0.39 is 5.97 Å². The molecule has 2 heterocycles. The zero-order chi connectivity index (χ0) is 11.4. The lowest BCUT2D eigenvalue weighted by Crippen LogP contribution is -2.37. The van der Waals surface area contributed by atoms with Gasteiger partial charge in [-0.15, -0.1) is 0 Å². The van der Waals surface area contributed by atoms with Crippen LogP contribution < -0.4 is 4.90 Å². The number of morpholine rings is 1. The number of hydrogen-bond donors (Lipinski definition) is 1. The number of carboxylic acid groups (broad SMARTS) is 1. The number of aliphatic carboxylic acids is 1. The average Bonchev–Trinajstić information content (AvgIpc) is 2.30. The van der Waals surface area contributed by atoms with Gasteiger partial charge in [0.15, 0.2) is 0 Å². The zero-order valence-electron chi connectivity index (χ0n) is 8.80. The van der Waals surface area contributed by atoms with Crippen molar-refractivity contribution in [3.8, 4) is 0 Å². The highest BCUT2D eigenvalue weighted by Crippen LogP contribution is 2.09. The second-order valence-electron chi connectivity index (χ2n) is 3.56. The summed E-state index contributed by atoms with van der Waals surface area (Å²) in [5, 5.41) is 8.60. The standard InChI is InChI=1S/C10H13N3O3/c14-9(15)5-8-6-11-10(12-7-8)13-1-3-16-4-2-13/h6-7H,1-5H2,(H,14,15). The summed E-state index contributed by atoms with van der Waals surface area (Å²) < 4.78 is 5.22. The number of hydrogen-bond acceptors (Lipinski definition) is 5. The SMILES string of the molecule is O=C(O)Cc1cnc(N2CCOCC2)nc1. The maximum atomic E-state index is 10.5.